The molecule has 4 rings (SSSR count). The van der Waals surface area contributed by atoms with Crippen LogP contribution in [-0.4, -0.2) is 67.2 Å². The van der Waals surface area contributed by atoms with Gasteiger partial charge in [0.15, 0.2) is 0 Å². The summed E-state index contributed by atoms with van der Waals surface area (Å²) in [7, 11) is 1.68. The van der Waals surface area contributed by atoms with E-state index >= 15 is 0 Å². The first-order chi connectivity index (χ1) is 14.1. The molecule has 2 aliphatic heterocycles. The van der Waals surface area contributed by atoms with Crippen LogP contribution in [0.4, 0.5) is 11.6 Å². The van der Waals surface area contributed by atoms with Crippen molar-refractivity contribution in [3.63, 3.8) is 0 Å². The fraction of sp³-hybridized carbons (Fsp3) is 0.500. The Kier molecular flexibility index (Phi) is 5.83. The van der Waals surface area contributed by atoms with Crippen molar-refractivity contribution in [2.24, 2.45) is 5.92 Å². The highest BCUT2D eigenvalue weighted by Gasteiger charge is 2.23. The molecule has 2 fully saturated rings. The van der Waals surface area contributed by atoms with Gasteiger partial charge in [-0.15, -0.1) is 0 Å². The van der Waals surface area contributed by atoms with Crippen LogP contribution < -0.4 is 14.5 Å². The second kappa shape index (κ2) is 8.68. The Morgan fingerprint density at radius 2 is 1.52 bits per heavy atom. The number of methoxy groups -OCH3 is 1. The number of likely N-dealkylation sites (tertiary alicyclic amines) is 1. The predicted molar refractivity (Wildman–Crippen MR) is 114 cm³/mol. The summed E-state index contributed by atoms with van der Waals surface area (Å²) < 4.78 is 5.23. The Hall–Kier alpha value is -2.83. The number of piperazine rings is 1. The number of anilines is 2. The van der Waals surface area contributed by atoms with E-state index in [1.165, 1.54) is 5.69 Å². The molecule has 0 N–H and O–H groups in total. The quantitative estimate of drug-likeness (QED) is 0.793. The average molecular weight is 396 g/mol. The number of carbonyl (C=O) groups is 1. The predicted octanol–water partition coefficient (Wildman–Crippen LogP) is 2.68. The van der Waals surface area contributed by atoms with Crippen LogP contribution in [0, 0.1) is 5.92 Å². The molecule has 0 bridgehead atoms. The van der Waals surface area contributed by atoms with Crippen LogP contribution in [0.15, 0.2) is 36.7 Å². The van der Waals surface area contributed by atoms with Gasteiger partial charge in [-0.05, 0) is 43.0 Å². The van der Waals surface area contributed by atoms with E-state index in [1.54, 1.807) is 19.5 Å². The number of hydrogen-bond acceptors (Lipinski definition) is 6. The number of benzene rings is 1. The molecule has 0 spiro atoms. The van der Waals surface area contributed by atoms with Crippen molar-refractivity contribution in [1.29, 1.82) is 0 Å². The van der Waals surface area contributed by atoms with Crippen molar-refractivity contribution in [3.05, 3.63) is 42.2 Å². The summed E-state index contributed by atoms with van der Waals surface area (Å²) in [5, 5.41) is 0. The maximum Gasteiger partial charge on any atom is 0.256 e. The van der Waals surface area contributed by atoms with Gasteiger partial charge in [-0.25, -0.2) is 9.97 Å². The van der Waals surface area contributed by atoms with E-state index in [1.807, 2.05) is 17.0 Å². The number of ether oxygens (including phenoxy) is 1. The van der Waals surface area contributed by atoms with Gasteiger partial charge < -0.3 is 19.4 Å². The van der Waals surface area contributed by atoms with Crippen molar-refractivity contribution >= 4 is 17.5 Å². The highest BCUT2D eigenvalue weighted by atomic mass is 16.5. The number of carbonyl (C=O) groups excluding carboxylic acids is 1. The SMILES string of the molecule is COc1ccc(N2CCN(c3ncc(C(=O)N4CCC(C)CC4)cn3)CC2)cc1. The first-order valence-electron chi connectivity index (χ1n) is 10.4. The van der Waals surface area contributed by atoms with E-state index in [0.717, 1.165) is 57.9 Å². The average Bonchev–Trinajstić information content (AvgIpc) is 2.79. The molecule has 1 aromatic carbocycles. The fourth-order valence-corrected chi connectivity index (χ4v) is 3.95. The van der Waals surface area contributed by atoms with Crippen LogP contribution in [-0.2, 0) is 0 Å². The molecule has 1 amide bonds. The van der Waals surface area contributed by atoms with Gasteiger partial charge in [0.25, 0.3) is 5.91 Å². The van der Waals surface area contributed by atoms with E-state index < -0.39 is 0 Å². The molecule has 7 heteroatoms. The third kappa shape index (κ3) is 4.44. The van der Waals surface area contributed by atoms with Gasteiger partial charge in [0.2, 0.25) is 5.95 Å². The molecule has 0 unspecified atom stereocenters. The van der Waals surface area contributed by atoms with E-state index in [0.29, 0.717) is 17.4 Å². The second-order valence-electron chi connectivity index (χ2n) is 7.92. The van der Waals surface area contributed by atoms with Crippen molar-refractivity contribution in [3.8, 4) is 5.75 Å². The molecular weight excluding hydrogens is 366 g/mol. The lowest BCUT2D eigenvalue weighted by Crippen LogP contribution is -2.47. The van der Waals surface area contributed by atoms with Crippen molar-refractivity contribution in [2.75, 3.05) is 56.2 Å². The Morgan fingerprint density at radius 1 is 0.931 bits per heavy atom. The molecule has 1 aromatic heterocycles. The smallest absolute Gasteiger partial charge is 0.256 e. The van der Waals surface area contributed by atoms with Gasteiger partial charge in [-0.2, -0.15) is 0 Å². The first-order valence-corrected chi connectivity index (χ1v) is 10.4. The number of piperidine rings is 1. The van der Waals surface area contributed by atoms with E-state index in [9.17, 15) is 4.79 Å². The zero-order valence-corrected chi connectivity index (χ0v) is 17.3. The normalized spacial score (nSPS) is 18.1. The van der Waals surface area contributed by atoms with E-state index in [4.69, 9.17) is 4.74 Å². The summed E-state index contributed by atoms with van der Waals surface area (Å²) in [4.78, 5) is 28.1. The standard InChI is InChI=1S/C22H29N5O2/c1-17-7-9-26(10-8-17)21(28)18-15-23-22(24-16-18)27-13-11-25(12-14-27)19-3-5-20(29-2)6-4-19/h3-6,15-17H,7-14H2,1-2H3. The monoisotopic (exact) mass is 395 g/mol. The summed E-state index contributed by atoms with van der Waals surface area (Å²) in [6.45, 7) is 7.41. The third-order valence-electron chi connectivity index (χ3n) is 5.96. The zero-order chi connectivity index (χ0) is 20.2. The van der Waals surface area contributed by atoms with Crippen LogP contribution >= 0.6 is 0 Å². The number of amides is 1. The zero-order valence-electron chi connectivity index (χ0n) is 17.3. The van der Waals surface area contributed by atoms with Crippen LogP contribution in [0.3, 0.4) is 0 Å². The molecule has 2 aromatic rings. The van der Waals surface area contributed by atoms with Crippen LogP contribution in [0.1, 0.15) is 30.1 Å². The van der Waals surface area contributed by atoms with Gasteiger partial charge in [0, 0.05) is 57.3 Å². The minimum Gasteiger partial charge on any atom is -0.497 e. The lowest BCUT2D eigenvalue weighted by Gasteiger charge is -2.36. The Morgan fingerprint density at radius 3 is 2.10 bits per heavy atom. The number of aromatic nitrogens is 2. The van der Waals surface area contributed by atoms with Gasteiger partial charge >= 0.3 is 0 Å². The molecule has 7 nitrogen and oxygen atoms in total. The molecule has 2 aliphatic rings. The maximum absolute atomic E-state index is 12.7. The van der Waals surface area contributed by atoms with Gasteiger partial charge in [0.05, 0.1) is 12.7 Å². The minimum atomic E-state index is 0.0489. The first kappa shape index (κ1) is 19.5. The van der Waals surface area contributed by atoms with Crippen LogP contribution in [0.2, 0.25) is 0 Å². The second-order valence-corrected chi connectivity index (χ2v) is 7.92. The summed E-state index contributed by atoms with van der Waals surface area (Å²) in [5.74, 6) is 2.32. The van der Waals surface area contributed by atoms with E-state index in [2.05, 4.69) is 38.8 Å². The minimum absolute atomic E-state index is 0.0489. The molecule has 0 atom stereocenters. The highest BCUT2D eigenvalue weighted by Crippen LogP contribution is 2.22. The van der Waals surface area contributed by atoms with Crippen LogP contribution in [0.5, 0.6) is 5.75 Å². The molecule has 0 saturated carbocycles. The van der Waals surface area contributed by atoms with Crippen LogP contribution in [0.25, 0.3) is 0 Å². The summed E-state index contributed by atoms with van der Waals surface area (Å²) in [5.41, 5.74) is 1.78. The summed E-state index contributed by atoms with van der Waals surface area (Å²) in [6.07, 6.45) is 5.50. The Bertz CT molecular complexity index is 808. The van der Waals surface area contributed by atoms with Gasteiger partial charge in [-0.3, -0.25) is 4.79 Å². The Balaban J connectivity index is 1.33. The number of nitrogens with zero attached hydrogens (tertiary/aromatic N) is 5. The molecule has 2 saturated heterocycles. The molecular formula is C22H29N5O2. The number of rotatable bonds is 4. The molecule has 154 valence electrons. The lowest BCUT2D eigenvalue weighted by atomic mass is 9.99. The van der Waals surface area contributed by atoms with Crippen molar-refractivity contribution < 1.29 is 9.53 Å². The number of hydrogen-bond donors (Lipinski definition) is 0. The molecule has 3 heterocycles. The maximum atomic E-state index is 12.7. The van der Waals surface area contributed by atoms with Gasteiger partial charge in [0.1, 0.15) is 5.75 Å². The lowest BCUT2D eigenvalue weighted by molar-refractivity contribution is 0.0696. The molecule has 29 heavy (non-hydrogen) atoms. The van der Waals surface area contributed by atoms with Crippen molar-refractivity contribution in [1.82, 2.24) is 14.9 Å². The largest absolute Gasteiger partial charge is 0.497 e. The summed E-state index contributed by atoms with van der Waals surface area (Å²) in [6, 6.07) is 8.16. The van der Waals surface area contributed by atoms with E-state index in [-0.39, 0.29) is 5.91 Å². The third-order valence-corrected chi connectivity index (χ3v) is 5.96. The summed E-state index contributed by atoms with van der Waals surface area (Å²) >= 11 is 0. The highest BCUT2D eigenvalue weighted by molar-refractivity contribution is 5.93. The molecule has 0 radical (unpaired) electrons. The van der Waals surface area contributed by atoms with Gasteiger partial charge in [-0.1, -0.05) is 6.92 Å². The molecule has 0 aliphatic carbocycles. The van der Waals surface area contributed by atoms with Crippen molar-refractivity contribution in [2.45, 2.75) is 19.8 Å². The Labute approximate surface area is 172 Å². The topological polar surface area (TPSA) is 61.8 Å². The fourth-order valence-electron chi connectivity index (χ4n) is 3.95.